The van der Waals surface area contributed by atoms with Crippen molar-refractivity contribution in [2.24, 2.45) is 22.8 Å². The molecular weight excluding hydrogens is 226 g/mol. The highest BCUT2D eigenvalue weighted by Gasteiger charge is 2.31. The summed E-state index contributed by atoms with van der Waals surface area (Å²) in [4.78, 5) is 13.1. The number of nitrogens with two attached hydrogens (primary N) is 2. The molecule has 0 saturated carbocycles. The van der Waals surface area contributed by atoms with E-state index in [2.05, 4.69) is 39.5 Å². The summed E-state index contributed by atoms with van der Waals surface area (Å²) in [6.45, 7) is 13.3. The molecule has 108 valence electrons. The molecule has 4 nitrogen and oxygen atoms in total. The lowest BCUT2D eigenvalue weighted by Gasteiger charge is -2.43. The Kier molecular flexibility index (Phi) is 7.04. The molecule has 4 heteroatoms. The zero-order valence-electron chi connectivity index (χ0n) is 12.7. The SMILES string of the molecule is CC(CN)CC(C)(C)N(CC=O)CC(C)(C)CN. The summed E-state index contributed by atoms with van der Waals surface area (Å²) in [6, 6.07) is 0. The van der Waals surface area contributed by atoms with Gasteiger partial charge >= 0.3 is 0 Å². The zero-order valence-corrected chi connectivity index (χ0v) is 12.7. The van der Waals surface area contributed by atoms with Gasteiger partial charge in [0.25, 0.3) is 0 Å². The van der Waals surface area contributed by atoms with Crippen molar-refractivity contribution in [1.29, 1.82) is 0 Å². The molecule has 0 fully saturated rings. The Balaban J connectivity index is 4.80. The van der Waals surface area contributed by atoms with Gasteiger partial charge in [-0.1, -0.05) is 20.8 Å². The fraction of sp³-hybridized carbons (Fsp3) is 0.929. The molecule has 0 aromatic carbocycles. The first kappa shape index (κ1) is 17.6. The van der Waals surface area contributed by atoms with E-state index in [-0.39, 0.29) is 11.0 Å². The molecule has 0 aliphatic carbocycles. The van der Waals surface area contributed by atoms with Crippen LogP contribution in [0, 0.1) is 11.3 Å². The first-order chi connectivity index (χ1) is 8.18. The third-order valence-electron chi connectivity index (χ3n) is 3.57. The first-order valence-electron chi connectivity index (χ1n) is 6.77. The van der Waals surface area contributed by atoms with Gasteiger partial charge in [0.2, 0.25) is 0 Å². The van der Waals surface area contributed by atoms with Crippen LogP contribution in [0.25, 0.3) is 0 Å². The van der Waals surface area contributed by atoms with Crippen LogP contribution in [0.3, 0.4) is 0 Å². The van der Waals surface area contributed by atoms with E-state index >= 15 is 0 Å². The van der Waals surface area contributed by atoms with Crippen molar-refractivity contribution in [3.05, 3.63) is 0 Å². The lowest BCUT2D eigenvalue weighted by Crippen LogP contribution is -2.51. The van der Waals surface area contributed by atoms with Crippen LogP contribution in [0.4, 0.5) is 0 Å². The van der Waals surface area contributed by atoms with Crippen LogP contribution in [-0.2, 0) is 4.79 Å². The van der Waals surface area contributed by atoms with Gasteiger partial charge in [-0.3, -0.25) is 4.90 Å². The second-order valence-electron chi connectivity index (χ2n) is 6.77. The molecule has 0 saturated heterocycles. The van der Waals surface area contributed by atoms with Gasteiger partial charge < -0.3 is 16.3 Å². The van der Waals surface area contributed by atoms with Crippen molar-refractivity contribution >= 4 is 6.29 Å². The van der Waals surface area contributed by atoms with Crippen molar-refractivity contribution in [2.45, 2.75) is 46.6 Å². The lowest BCUT2D eigenvalue weighted by atomic mass is 9.86. The van der Waals surface area contributed by atoms with E-state index in [1.165, 1.54) is 0 Å². The number of rotatable bonds is 9. The van der Waals surface area contributed by atoms with Crippen molar-refractivity contribution in [3.63, 3.8) is 0 Å². The minimum atomic E-state index is -0.0356. The molecule has 0 bridgehead atoms. The molecule has 0 amide bonds. The van der Waals surface area contributed by atoms with Gasteiger partial charge in [-0.25, -0.2) is 0 Å². The third-order valence-corrected chi connectivity index (χ3v) is 3.57. The van der Waals surface area contributed by atoms with E-state index in [4.69, 9.17) is 11.5 Å². The molecule has 0 aromatic heterocycles. The number of nitrogens with zero attached hydrogens (tertiary/aromatic N) is 1. The van der Waals surface area contributed by atoms with Crippen molar-refractivity contribution in [3.8, 4) is 0 Å². The molecule has 0 spiro atoms. The molecule has 18 heavy (non-hydrogen) atoms. The second-order valence-corrected chi connectivity index (χ2v) is 6.77. The number of aldehydes is 1. The lowest BCUT2D eigenvalue weighted by molar-refractivity contribution is -0.110. The Labute approximate surface area is 112 Å². The molecule has 4 N–H and O–H groups in total. The molecular formula is C14H31N3O. The van der Waals surface area contributed by atoms with E-state index in [1.54, 1.807) is 0 Å². The van der Waals surface area contributed by atoms with Crippen molar-refractivity contribution < 1.29 is 4.79 Å². The molecule has 0 radical (unpaired) electrons. The molecule has 0 heterocycles. The van der Waals surface area contributed by atoms with Crippen LogP contribution < -0.4 is 11.5 Å². The predicted molar refractivity (Wildman–Crippen MR) is 77.4 cm³/mol. The van der Waals surface area contributed by atoms with Crippen LogP contribution in [-0.4, -0.2) is 42.9 Å². The van der Waals surface area contributed by atoms with Crippen molar-refractivity contribution in [1.82, 2.24) is 4.90 Å². The Morgan fingerprint density at radius 1 is 1.22 bits per heavy atom. The Morgan fingerprint density at radius 3 is 2.17 bits per heavy atom. The molecule has 0 rings (SSSR count). The summed E-state index contributed by atoms with van der Waals surface area (Å²) >= 11 is 0. The first-order valence-corrected chi connectivity index (χ1v) is 6.77. The Hall–Kier alpha value is -0.450. The minimum absolute atomic E-state index is 0.0201. The molecule has 1 atom stereocenters. The maximum Gasteiger partial charge on any atom is 0.133 e. The highest BCUT2D eigenvalue weighted by molar-refractivity contribution is 5.52. The standard InChI is InChI=1S/C14H31N3O/c1-12(9-15)8-14(4,5)17(6-7-18)11-13(2,3)10-16/h7,12H,6,8-11,15-16H2,1-5H3. The summed E-state index contributed by atoms with van der Waals surface area (Å²) in [5.41, 5.74) is 11.5. The van der Waals surface area contributed by atoms with Crippen LogP contribution >= 0.6 is 0 Å². The van der Waals surface area contributed by atoms with E-state index < -0.39 is 0 Å². The fourth-order valence-corrected chi connectivity index (χ4v) is 2.26. The van der Waals surface area contributed by atoms with E-state index in [1.807, 2.05) is 0 Å². The summed E-state index contributed by atoms with van der Waals surface area (Å²) < 4.78 is 0. The van der Waals surface area contributed by atoms with Crippen LogP contribution in [0.1, 0.15) is 41.0 Å². The number of carbonyl (C=O) groups is 1. The topological polar surface area (TPSA) is 72.3 Å². The largest absolute Gasteiger partial charge is 0.330 e. The number of hydrogen-bond acceptors (Lipinski definition) is 4. The van der Waals surface area contributed by atoms with Gasteiger partial charge in [0.05, 0.1) is 6.54 Å². The number of hydrogen-bond donors (Lipinski definition) is 2. The minimum Gasteiger partial charge on any atom is -0.330 e. The van der Waals surface area contributed by atoms with Gasteiger partial charge in [0, 0.05) is 12.1 Å². The van der Waals surface area contributed by atoms with Gasteiger partial charge in [-0.05, 0) is 44.7 Å². The summed E-state index contributed by atoms with van der Waals surface area (Å²) in [6.07, 6.45) is 1.96. The van der Waals surface area contributed by atoms with Crippen LogP contribution in [0.5, 0.6) is 0 Å². The normalized spacial score (nSPS) is 14.9. The van der Waals surface area contributed by atoms with Gasteiger partial charge in [0.15, 0.2) is 0 Å². The maximum atomic E-state index is 10.9. The molecule has 1 unspecified atom stereocenters. The van der Waals surface area contributed by atoms with Gasteiger partial charge in [-0.15, -0.1) is 0 Å². The summed E-state index contributed by atoms with van der Waals surface area (Å²) in [7, 11) is 0. The third kappa shape index (κ3) is 5.94. The van der Waals surface area contributed by atoms with E-state index in [0.29, 0.717) is 25.6 Å². The zero-order chi connectivity index (χ0) is 14.4. The fourth-order valence-electron chi connectivity index (χ4n) is 2.26. The summed E-state index contributed by atoms with van der Waals surface area (Å²) in [5, 5.41) is 0. The van der Waals surface area contributed by atoms with Crippen LogP contribution in [0.2, 0.25) is 0 Å². The molecule has 0 aromatic rings. The average Bonchev–Trinajstić information content (AvgIpc) is 2.27. The molecule has 0 aliphatic heterocycles. The highest BCUT2D eigenvalue weighted by atomic mass is 16.1. The second kappa shape index (κ2) is 7.22. The smallest absolute Gasteiger partial charge is 0.133 e. The molecule has 0 aliphatic rings. The average molecular weight is 257 g/mol. The highest BCUT2D eigenvalue weighted by Crippen LogP contribution is 2.26. The van der Waals surface area contributed by atoms with Gasteiger partial charge in [0.1, 0.15) is 6.29 Å². The van der Waals surface area contributed by atoms with E-state index in [9.17, 15) is 4.79 Å². The quantitative estimate of drug-likeness (QED) is 0.610. The van der Waals surface area contributed by atoms with E-state index in [0.717, 1.165) is 19.3 Å². The van der Waals surface area contributed by atoms with Crippen LogP contribution in [0.15, 0.2) is 0 Å². The van der Waals surface area contributed by atoms with Crippen molar-refractivity contribution in [2.75, 3.05) is 26.2 Å². The predicted octanol–water partition coefficient (Wildman–Crippen LogP) is 1.24. The van der Waals surface area contributed by atoms with Gasteiger partial charge in [-0.2, -0.15) is 0 Å². The monoisotopic (exact) mass is 257 g/mol. The number of carbonyl (C=O) groups excluding carboxylic acids is 1. The maximum absolute atomic E-state index is 10.9. The Bertz CT molecular complexity index is 251. The summed E-state index contributed by atoms with van der Waals surface area (Å²) in [5.74, 6) is 0.454. The Morgan fingerprint density at radius 2 is 1.78 bits per heavy atom.